The third-order valence-electron chi connectivity index (χ3n) is 6.85. The molecule has 1 heteroatoms. The van der Waals surface area contributed by atoms with E-state index < -0.39 is 0 Å². The van der Waals surface area contributed by atoms with Crippen LogP contribution in [0.15, 0.2) is 36.4 Å². The summed E-state index contributed by atoms with van der Waals surface area (Å²) in [6, 6.07) is 8.33. The molecule has 0 heterocycles. The quantitative estimate of drug-likeness (QED) is 0.465. The molecule has 0 bridgehead atoms. The molecule has 1 aromatic rings. The van der Waals surface area contributed by atoms with Crippen molar-refractivity contribution in [3.05, 3.63) is 42.0 Å². The Kier molecular flexibility index (Phi) is 7.65. The molecule has 3 rings (SSSR count). The minimum Gasteiger partial charge on any atom is -0.490 e. The molecular formula is C25H38O. The number of benzene rings is 1. The highest BCUT2D eigenvalue weighted by Crippen LogP contribution is 2.42. The normalized spacial score (nSPS) is 29.8. The Bertz CT molecular complexity index is 528. The van der Waals surface area contributed by atoms with Crippen molar-refractivity contribution in [1.29, 1.82) is 0 Å². The summed E-state index contributed by atoms with van der Waals surface area (Å²) in [5.41, 5.74) is 1.28. The Labute approximate surface area is 161 Å². The topological polar surface area (TPSA) is 9.23 Å². The van der Waals surface area contributed by atoms with E-state index in [1.165, 1.54) is 69.8 Å². The van der Waals surface area contributed by atoms with Crippen LogP contribution in [0, 0.1) is 30.6 Å². The molecule has 26 heavy (non-hydrogen) atoms. The number of hydrogen-bond donors (Lipinski definition) is 0. The van der Waals surface area contributed by atoms with Gasteiger partial charge in [0.15, 0.2) is 0 Å². The second-order valence-corrected chi connectivity index (χ2v) is 8.80. The summed E-state index contributed by atoms with van der Waals surface area (Å²) in [5, 5.41) is 0. The van der Waals surface area contributed by atoms with Crippen LogP contribution in [0.2, 0.25) is 0 Å². The third-order valence-corrected chi connectivity index (χ3v) is 6.85. The van der Waals surface area contributed by atoms with E-state index in [0.29, 0.717) is 6.61 Å². The molecule has 0 aromatic heterocycles. The van der Waals surface area contributed by atoms with Crippen LogP contribution in [0.4, 0.5) is 0 Å². The molecule has 0 aliphatic heterocycles. The van der Waals surface area contributed by atoms with Gasteiger partial charge in [0.25, 0.3) is 0 Å². The highest BCUT2D eigenvalue weighted by molar-refractivity contribution is 5.26. The second-order valence-electron chi connectivity index (χ2n) is 8.80. The standard InChI is InChI=1S/C25H38O/c1-3-5-21-9-13-23(14-10-21)24-15-11-22(12-16-24)6-4-19-26-25-17-7-20(2)8-18-25/h4,6-8,17-18,21-24H,3,5,9-16,19H2,1-2H3/b6-4+. The van der Waals surface area contributed by atoms with Gasteiger partial charge in [-0.05, 0) is 81.3 Å². The molecule has 2 aliphatic rings. The Morgan fingerprint density at radius 3 is 2.12 bits per heavy atom. The van der Waals surface area contributed by atoms with Gasteiger partial charge in [0.05, 0.1) is 0 Å². The molecule has 0 unspecified atom stereocenters. The molecular weight excluding hydrogens is 316 g/mol. The van der Waals surface area contributed by atoms with Crippen LogP contribution >= 0.6 is 0 Å². The summed E-state index contributed by atoms with van der Waals surface area (Å²) in [5.74, 6) is 4.86. The van der Waals surface area contributed by atoms with Gasteiger partial charge >= 0.3 is 0 Å². The van der Waals surface area contributed by atoms with Crippen molar-refractivity contribution >= 4 is 0 Å². The van der Waals surface area contributed by atoms with Gasteiger partial charge in [-0.25, -0.2) is 0 Å². The first-order chi connectivity index (χ1) is 12.7. The number of ether oxygens (including phenoxy) is 1. The van der Waals surface area contributed by atoms with Crippen molar-refractivity contribution in [2.24, 2.45) is 23.7 Å². The molecule has 1 aromatic carbocycles. The van der Waals surface area contributed by atoms with Crippen LogP contribution in [-0.4, -0.2) is 6.61 Å². The number of allylic oxidation sites excluding steroid dienone is 1. The summed E-state index contributed by atoms with van der Waals surface area (Å²) in [6.07, 6.45) is 19.2. The zero-order valence-corrected chi connectivity index (χ0v) is 17.0. The maximum atomic E-state index is 5.81. The van der Waals surface area contributed by atoms with Crippen molar-refractivity contribution in [2.75, 3.05) is 6.61 Å². The first kappa shape index (κ1) is 19.5. The van der Waals surface area contributed by atoms with E-state index in [2.05, 4.69) is 50.3 Å². The van der Waals surface area contributed by atoms with Crippen LogP contribution in [0.5, 0.6) is 5.75 Å². The van der Waals surface area contributed by atoms with Crippen LogP contribution < -0.4 is 4.74 Å². The van der Waals surface area contributed by atoms with Crippen molar-refractivity contribution in [1.82, 2.24) is 0 Å². The maximum absolute atomic E-state index is 5.81. The summed E-state index contributed by atoms with van der Waals surface area (Å²) < 4.78 is 5.81. The first-order valence-electron chi connectivity index (χ1n) is 11.1. The molecule has 0 spiro atoms. The number of aryl methyl sites for hydroxylation is 1. The molecule has 2 saturated carbocycles. The Hall–Kier alpha value is -1.24. The summed E-state index contributed by atoms with van der Waals surface area (Å²) >= 11 is 0. The highest BCUT2D eigenvalue weighted by Gasteiger charge is 2.29. The van der Waals surface area contributed by atoms with Gasteiger partial charge in [-0.2, -0.15) is 0 Å². The van der Waals surface area contributed by atoms with E-state index in [9.17, 15) is 0 Å². The van der Waals surface area contributed by atoms with Crippen LogP contribution in [0.25, 0.3) is 0 Å². The molecule has 0 saturated heterocycles. The third kappa shape index (κ3) is 5.89. The minimum absolute atomic E-state index is 0.699. The Morgan fingerprint density at radius 2 is 1.50 bits per heavy atom. The van der Waals surface area contributed by atoms with E-state index in [4.69, 9.17) is 4.74 Å². The molecule has 0 N–H and O–H groups in total. The number of rotatable bonds is 7. The lowest BCUT2D eigenvalue weighted by Crippen LogP contribution is -2.25. The van der Waals surface area contributed by atoms with Crippen LogP contribution in [0.1, 0.15) is 76.7 Å². The lowest BCUT2D eigenvalue weighted by Gasteiger charge is -2.37. The smallest absolute Gasteiger partial charge is 0.119 e. The van der Waals surface area contributed by atoms with Gasteiger partial charge < -0.3 is 4.74 Å². The lowest BCUT2D eigenvalue weighted by molar-refractivity contribution is 0.152. The van der Waals surface area contributed by atoms with Gasteiger partial charge in [0, 0.05) is 0 Å². The zero-order chi connectivity index (χ0) is 18.2. The summed E-state index contributed by atoms with van der Waals surface area (Å²) in [6.45, 7) is 5.15. The fourth-order valence-corrected chi connectivity index (χ4v) is 5.19. The fourth-order valence-electron chi connectivity index (χ4n) is 5.19. The van der Waals surface area contributed by atoms with Crippen LogP contribution in [-0.2, 0) is 0 Å². The summed E-state index contributed by atoms with van der Waals surface area (Å²) in [4.78, 5) is 0. The van der Waals surface area contributed by atoms with Crippen LogP contribution in [0.3, 0.4) is 0 Å². The predicted octanol–water partition coefficient (Wildman–Crippen LogP) is 7.34. The monoisotopic (exact) mass is 354 g/mol. The van der Waals surface area contributed by atoms with Gasteiger partial charge in [0.1, 0.15) is 12.4 Å². The molecule has 1 nitrogen and oxygen atoms in total. The van der Waals surface area contributed by atoms with E-state index >= 15 is 0 Å². The fraction of sp³-hybridized carbons (Fsp3) is 0.680. The number of hydrogen-bond acceptors (Lipinski definition) is 1. The molecule has 2 fully saturated rings. The maximum Gasteiger partial charge on any atom is 0.119 e. The molecule has 0 amide bonds. The van der Waals surface area contributed by atoms with E-state index in [0.717, 1.165) is 29.4 Å². The van der Waals surface area contributed by atoms with Crippen molar-refractivity contribution in [3.8, 4) is 5.75 Å². The van der Waals surface area contributed by atoms with E-state index in [-0.39, 0.29) is 0 Å². The van der Waals surface area contributed by atoms with Gasteiger partial charge in [-0.3, -0.25) is 0 Å². The largest absolute Gasteiger partial charge is 0.490 e. The molecule has 144 valence electrons. The first-order valence-corrected chi connectivity index (χ1v) is 11.1. The van der Waals surface area contributed by atoms with Gasteiger partial charge in [-0.15, -0.1) is 0 Å². The average molecular weight is 355 g/mol. The SMILES string of the molecule is CCCC1CCC(C2CCC(/C=C/COc3ccc(C)cc3)CC2)CC1. The lowest BCUT2D eigenvalue weighted by atomic mass is 9.69. The average Bonchev–Trinajstić information content (AvgIpc) is 2.68. The van der Waals surface area contributed by atoms with Crippen molar-refractivity contribution in [2.45, 2.75) is 78.1 Å². The molecule has 2 aliphatic carbocycles. The Balaban J connectivity index is 1.33. The zero-order valence-electron chi connectivity index (χ0n) is 17.0. The molecule has 0 radical (unpaired) electrons. The highest BCUT2D eigenvalue weighted by atomic mass is 16.5. The van der Waals surface area contributed by atoms with Crippen molar-refractivity contribution in [3.63, 3.8) is 0 Å². The minimum atomic E-state index is 0.699. The Morgan fingerprint density at radius 1 is 0.885 bits per heavy atom. The van der Waals surface area contributed by atoms with Gasteiger partial charge in [0.2, 0.25) is 0 Å². The molecule has 0 atom stereocenters. The second kappa shape index (κ2) is 10.2. The predicted molar refractivity (Wildman–Crippen MR) is 112 cm³/mol. The van der Waals surface area contributed by atoms with Gasteiger partial charge in [-0.1, -0.05) is 62.5 Å². The van der Waals surface area contributed by atoms with Crippen molar-refractivity contribution < 1.29 is 4.74 Å². The van der Waals surface area contributed by atoms with E-state index in [1.807, 2.05) is 0 Å². The summed E-state index contributed by atoms with van der Waals surface area (Å²) in [7, 11) is 0. The van der Waals surface area contributed by atoms with E-state index in [1.54, 1.807) is 0 Å².